The Balaban J connectivity index is 1.31. The number of methoxy groups -OCH3 is 1. The molecule has 6 rings (SSSR count). The first-order chi connectivity index (χ1) is 18.3. The van der Waals surface area contributed by atoms with Crippen LogP contribution in [-0.4, -0.2) is 43.7 Å². The number of rotatable bonds is 8. The number of ether oxygens (including phenoxy) is 2. The number of aromatic nitrogens is 4. The molecule has 1 aliphatic carbocycles. The summed E-state index contributed by atoms with van der Waals surface area (Å²) in [5.41, 5.74) is 6.04. The van der Waals surface area contributed by atoms with Gasteiger partial charge in [0.25, 0.3) is 0 Å². The smallest absolute Gasteiger partial charge is 0.213 e. The molecule has 0 bridgehead atoms. The van der Waals surface area contributed by atoms with Crippen LogP contribution in [0.15, 0.2) is 52.6 Å². The van der Waals surface area contributed by atoms with Gasteiger partial charge in [-0.2, -0.15) is 4.98 Å². The molecule has 0 spiro atoms. The Morgan fingerprint density at radius 3 is 2.89 bits per heavy atom. The highest BCUT2D eigenvalue weighted by atomic mass is 32.2. The van der Waals surface area contributed by atoms with Gasteiger partial charge in [0, 0.05) is 41.9 Å². The number of nitrogens with zero attached hydrogens (tertiary/aromatic N) is 5. The second-order valence-corrected chi connectivity index (χ2v) is 10.9. The van der Waals surface area contributed by atoms with Crippen LogP contribution in [0.3, 0.4) is 0 Å². The van der Waals surface area contributed by atoms with Crippen molar-refractivity contribution < 1.29 is 22.8 Å². The third-order valence-corrected chi connectivity index (χ3v) is 8.20. The van der Waals surface area contributed by atoms with Crippen molar-refractivity contribution in [1.82, 2.24) is 20.1 Å². The molecule has 3 atom stereocenters. The van der Waals surface area contributed by atoms with Gasteiger partial charge < -0.3 is 25.0 Å². The largest absolute Gasteiger partial charge is 0.484 e. The summed E-state index contributed by atoms with van der Waals surface area (Å²) >= 11 is 1.44. The topological polar surface area (TPSA) is 134 Å². The van der Waals surface area contributed by atoms with Crippen LogP contribution in [0, 0.1) is 17.6 Å². The maximum Gasteiger partial charge on any atom is 0.213 e. The van der Waals surface area contributed by atoms with Crippen molar-refractivity contribution >= 4 is 39.3 Å². The van der Waals surface area contributed by atoms with Crippen LogP contribution in [0.1, 0.15) is 24.7 Å². The minimum Gasteiger partial charge on any atom is -0.484 e. The Hall–Kier alpha value is -3.84. The average molecular weight is 540 g/mol. The van der Waals surface area contributed by atoms with Crippen LogP contribution in [0.4, 0.5) is 20.3 Å². The van der Waals surface area contributed by atoms with Crippen LogP contribution in [0.25, 0.3) is 10.9 Å². The Bertz CT molecular complexity index is 1550. The molecule has 38 heavy (non-hydrogen) atoms. The van der Waals surface area contributed by atoms with E-state index in [4.69, 9.17) is 19.7 Å². The maximum absolute atomic E-state index is 15.2. The lowest BCUT2D eigenvalue weighted by atomic mass is 9.85. The highest BCUT2D eigenvalue weighted by Gasteiger charge is 2.66. The Labute approximate surface area is 220 Å². The molecule has 0 saturated heterocycles. The predicted octanol–water partition coefficient (Wildman–Crippen LogP) is 4.30. The fourth-order valence-corrected chi connectivity index (χ4v) is 6.56. The molecule has 13 heteroatoms. The minimum absolute atomic E-state index is 0.0559. The zero-order valence-electron chi connectivity index (χ0n) is 20.4. The first kappa shape index (κ1) is 24.5. The molecule has 4 aromatic rings. The number of benzene rings is 1. The molecule has 0 radical (unpaired) electrons. The number of nitrogens with one attached hydrogen (secondary N) is 1. The van der Waals surface area contributed by atoms with Crippen molar-refractivity contribution in [1.29, 1.82) is 0 Å². The zero-order chi connectivity index (χ0) is 26.5. The number of pyridine rings is 2. The molecule has 2 aliphatic rings. The third-order valence-electron chi connectivity index (χ3n) is 6.93. The number of hydrogen-bond donors (Lipinski definition) is 2. The summed E-state index contributed by atoms with van der Waals surface area (Å²) in [6, 6.07) is 6.20. The van der Waals surface area contributed by atoms with E-state index < -0.39 is 17.2 Å². The standard InChI is InChI=1S/C25H23F2N7O3S/c1-24(18-8-25(18,11-35-2)38-23(28)33-24)16-6-14(7-17(26)20(16)27)32-22-21-13(3-4-29-22)5-15(9-30-21)36-10-19-31-12-37-34-19/h3-7,9,12,18H,8,10-11H2,1-2H3,(H2,28,33)(H,29,32)/t18-,24-,25+/m0/s1. The van der Waals surface area contributed by atoms with Crippen molar-refractivity contribution in [2.45, 2.75) is 30.2 Å². The fraction of sp³-hybridized carbons (Fsp3) is 0.320. The van der Waals surface area contributed by atoms with Crippen LogP contribution < -0.4 is 15.8 Å². The first-order valence-electron chi connectivity index (χ1n) is 11.7. The highest BCUT2D eigenvalue weighted by Crippen LogP contribution is 2.66. The van der Waals surface area contributed by atoms with E-state index in [2.05, 4.69) is 30.4 Å². The molecular formula is C25H23F2N7O3S. The summed E-state index contributed by atoms with van der Waals surface area (Å²) in [6.45, 7) is 2.36. The number of aliphatic imine (C=N–C) groups is 1. The lowest BCUT2D eigenvalue weighted by Gasteiger charge is -2.34. The van der Waals surface area contributed by atoms with E-state index in [1.54, 1.807) is 38.4 Å². The molecule has 0 amide bonds. The van der Waals surface area contributed by atoms with E-state index in [0.29, 0.717) is 40.4 Å². The number of fused-ring (bicyclic) bond motifs is 2. The second-order valence-electron chi connectivity index (χ2n) is 9.44. The van der Waals surface area contributed by atoms with Crippen LogP contribution in [0.5, 0.6) is 5.75 Å². The van der Waals surface area contributed by atoms with E-state index in [1.807, 2.05) is 0 Å². The quantitative estimate of drug-likeness (QED) is 0.334. The molecule has 1 aliphatic heterocycles. The molecule has 1 aromatic carbocycles. The molecule has 3 aromatic heterocycles. The van der Waals surface area contributed by atoms with Gasteiger partial charge in [-0.1, -0.05) is 16.9 Å². The molecule has 1 fully saturated rings. The molecular weight excluding hydrogens is 516 g/mol. The van der Waals surface area contributed by atoms with Gasteiger partial charge in [0.1, 0.15) is 11.3 Å². The summed E-state index contributed by atoms with van der Waals surface area (Å²) in [6.07, 6.45) is 5.08. The van der Waals surface area contributed by atoms with Gasteiger partial charge in [0.05, 0.1) is 23.1 Å². The van der Waals surface area contributed by atoms with E-state index in [9.17, 15) is 4.39 Å². The van der Waals surface area contributed by atoms with E-state index in [0.717, 1.165) is 17.9 Å². The number of hydrogen-bond acceptors (Lipinski definition) is 11. The Kier molecular flexibility index (Phi) is 5.91. The summed E-state index contributed by atoms with van der Waals surface area (Å²) in [5.74, 6) is -0.736. The van der Waals surface area contributed by atoms with E-state index in [-0.39, 0.29) is 22.8 Å². The highest BCUT2D eigenvalue weighted by molar-refractivity contribution is 8.15. The van der Waals surface area contributed by atoms with Gasteiger partial charge in [-0.05, 0) is 31.5 Å². The fourth-order valence-electron chi connectivity index (χ4n) is 5.11. The molecule has 1 saturated carbocycles. The Morgan fingerprint density at radius 1 is 1.24 bits per heavy atom. The molecule has 0 unspecified atom stereocenters. The molecule has 196 valence electrons. The molecule has 3 N–H and O–H groups in total. The minimum atomic E-state index is -1.05. The summed E-state index contributed by atoms with van der Waals surface area (Å²) in [7, 11) is 1.61. The number of anilines is 2. The maximum atomic E-state index is 15.2. The number of nitrogens with two attached hydrogens (primary N) is 1. The van der Waals surface area contributed by atoms with Crippen LogP contribution in [0.2, 0.25) is 0 Å². The van der Waals surface area contributed by atoms with Crippen molar-refractivity contribution in [3.05, 3.63) is 66.1 Å². The summed E-state index contributed by atoms with van der Waals surface area (Å²) < 4.78 is 45.6. The lowest BCUT2D eigenvalue weighted by molar-refractivity contribution is 0.184. The van der Waals surface area contributed by atoms with Crippen molar-refractivity contribution in [3.8, 4) is 5.75 Å². The zero-order valence-corrected chi connectivity index (χ0v) is 21.3. The van der Waals surface area contributed by atoms with Gasteiger partial charge in [0.2, 0.25) is 12.2 Å². The molecule has 10 nitrogen and oxygen atoms in total. The van der Waals surface area contributed by atoms with Gasteiger partial charge >= 0.3 is 0 Å². The van der Waals surface area contributed by atoms with Crippen LogP contribution in [-0.2, 0) is 16.9 Å². The molecule has 4 heterocycles. The van der Waals surface area contributed by atoms with Gasteiger partial charge in [-0.25, -0.2) is 18.7 Å². The van der Waals surface area contributed by atoms with Crippen molar-refractivity contribution in [3.63, 3.8) is 0 Å². The predicted molar refractivity (Wildman–Crippen MR) is 137 cm³/mol. The van der Waals surface area contributed by atoms with E-state index >= 15 is 4.39 Å². The van der Waals surface area contributed by atoms with Gasteiger partial charge in [-0.3, -0.25) is 4.99 Å². The average Bonchev–Trinajstić information content (AvgIpc) is 3.36. The SMILES string of the molecule is COC[C@]12C[C@H]1[C@](C)(c1cc(Nc3nccc4cc(OCc5ncon5)cnc34)cc(F)c1F)N=C(N)S2. The normalized spacial score (nSPS) is 24.1. The monoisotopic (exact) mass is 539 g/mol. The van der Waals surface area contributed by atoms with Gasteiger partial charge in [0.15, 0.2) is 29.2 Å². The number of thioether (sulfide) groups is 1. The van der Waals surface area contributed by atoms with Crippen molar-refractivity contribution in [2.24, 2.45) is 16.6 Å². The van der Waals surface area contributed by atoms with E-state index in [1.165, 1.54) is 24.4 Å². The summed E-state index contributed by atoms with van der Waals surface area (Å²) in [4.78, 5) is 17.3. The third kappa shape index (κ3) is 4.21. The van der Waals surface area contributed by atoms with Crippen molar-refractivity contribution in [2.75, 3.05) is 19.0 Å². The first-order valence-corrected chi connectivity index (χ1v) is 12.6. The Morgan fingerprint density at radius 2 is 2.11 bits per heavy atom. The lowest BCUT2D eigenvalue weighted by Crippen LogP contribution is -2.37. The number of amidine groups is 1. The second kappa shape index (κ2) is 9.17. The van der Waals surface area contributed by atoms with Gasteiger partial charge in [-0.15, -0.1) is 0 Å². The van der Waals surface area contributed by atoms with Crippen LogP contribution >= 0.6 is 11.8 Å². The summed E-state index contributed by atoms with van der Waals surface area (Å²) in [5, 5.41) is 7.86. The number of halogens is 2.